The van der Waals surface area contributed by atoms with Crippen LogP contribution < -0.4 is 5.32 Å². The number of aliphatic hydroxyl groups is 1. The summed E-state index contributed by atoms with van der Waals surface area (Å²) in [6, 6.07) is 7.22. The van der Waals surface area contributed by atoms with E-state index in [0.29, 0.717) is 0 Å². The van der Waals surface area contributed by atoms with E-state index in [4.69, 9.17) is 0 Å². The number of hydrogen-bond donors (Lipinski definition) is 2. The number of nitrogens with one attached hydrogen (secondary N) is 1. The van der Waals surface area contributed by atoms with Crippen LogP contribution in [0.15, 0.2) is 27.6 Å². The quantitative estimate of drug-likeness (QED) is 0.782. The average molecular weight is 330 g/mol. The SMILES string of the molecule is CC(O)C(C)Sc1ccc(CNC2CC2)cc1Br. The zero-order valence-electron chi connectivity index (χ0n) is 10.8. The summed E-state index contributed by atoms with van der Waals surface area (Å²) in [5.74, 6) is 0. The third-order valence-electron chi connectivity index (χ3n) is 3.16. The number of benzene rings is 1. The molecule has 100 valence electrons. The molecule has 1 aromatic carbocycles. The lowest BCUT2D eigenvalue weighted by Crippen LogP contribution is -2.16. The van der Waals surface area contributed by atoms with E-state index in [0.717, 1.165) is 17.1 Å². The van der Waals surface area contributed by atoms with Crippen LogP contribution in [0.5, 0.6) is 0 Å². The molecule has 4 heteroatoms. The second kappa shape index (κ2) is 6.42. The van der Waals surface area contributed by atoms with E-state index in [9.17, 15) is 5.11 Å². The molecule has 0 spiro atoms. The highest BCUT2D eigenvalue weighted by atomic mass is 79.9. The number of halogens is 1. The molecule has 1 aliphatic carbocycles. The summed E-state index contributed by atoms with van der Waals surface area (Å²) in [6.07, 6.45) is 2.35. The fraction of sp³-hybridized carbons (Fsp3) is 0.571. The minimum atomic E-state index is -0.293. The summed E-state index contributed by atoms with van der Waals surface area (Å²) >= 11 is 5.32. The fourth-order valence-corrected chi connectivity index (χ4v) is 3.22. The van der Waals surface area contributed by atoms with Crippen molar-refractivity contribution in [1.82, 2.24) is 5.32 Å². The average Bonchev–Trinajstić information content (AvgIpc) is 3.13. The standard InChI is InChI=1S/C14H20BrNOS/c1-9(17)10(2)18-14-6-3-11(7-13(14)15)8-16-12-4-5-12/h3,6-7,9-10,12,16-17H,4-5,8H2,1-2H3. The van der Waals surface area contributed by atoms with Crippen molar-refractivity contribution in [2.45, 2.75) is 55.5 Å². The summed E-state index contributed by atoms with van der Waals surface area (Å²) in [5, 5.41) is 13.3. The monoisotopic (exact) mass is 329 g/mol. The van der Waals surface area contributed by atoms with Gasteiger partial charge in [-0.15, -0.1) is 11.8 Å². The number of aliphatic hydroxyl groups excluding tert-OH is 1. The van der Waals surface area contributed by atoms with Crippen LogP contribution in [0.25, 0.3) is 0 Å². The summed E-state index contributed by atoms with van der Waals surface area (Å²) in [5.41, 5.74) is 1.31. The van der Waals surface area contributed by atoms with Crippen molar-refractivity contribution in [2.24, 2.45) is 0 Å². The van der Waals surface area contributed by atoms with Crippen molar-refractivity contribution in [3.05, 3.63) is 28.2 Å². The first kappa shape index (κ1) is 14.4. The third kappa shape index (κ3) is 4.26. The first-order valence-electron chi connectivity index (χ1n) is 6.43. The minimum absolute atomic E-state index is 0.205. The predicted octanol–water partition coefficient (Wildman–Crippen LogP) is 3.56. The van der Waals surface area contributed by atoms with E-state index >= 15 is 0 Å². The van der Waals surface area contributed by atoms with Crippen molar-refractivity contribution in [2.75, 3.05) is 0 Å². The molecule has 0 bridgehead atoms. The Kier molecular flexibility index (Phi) is 5.13. The Morgan fingerprint density at radius 3 is 2.72 bits per heavy atom. The number of thioether (sulfide) groups is 1. The molecule has 0 saturated heterocycles. The van der Waals surface area contributed by atoms with Gasteiger partial charge in [0, 0.05) is 27.2 Å². The lowest BCUT2D eigenvalue weighted by atomic mass is 10.2. The summed E-state index contributed by atoms with van der Waals surface area (Å²) < 4.78 is 1.12. The van der Waals surface area contributed by atoms with E-state index in [1.165, 1.54) is 23.3 Å². The first-order chi connectivity index (χ1) is 8.56. The van der Waals surface area contributed by atoms with Crippen molar-refractivity contribution < 1.29 is 5.11 Å². The highest BCUT2D eigenvalue weighted by molar-refractivity contribution is 9.10. The van der Waals surface area contributed by atoms with Gasteiger partial charge in [0.25, 0.3) is 0 Å². The van der Waals surface area contributed by atoms with Gasteiger partial charge in [-0.25, -0.2) is 0 Å². The van der Waals surface area contributed by atoms with Gasteiger partial charge >= 0.3 is 0 Å². The van der Waals surface area contributed by atoms with Crippen molar-refractivity contribution in [3.63, 3.8) is 0 Å². The Labute approximate surface area is 122 Å². The molecule has 18 heavy (non-hydrogen) atoms. The van der Waals surface area contributed by atoms with Crippen LogP contribution in [0.2, 0.25) is 0 Å². The zero-order chi connectivity index (χ0) is 13.1. The lowest BCUT2D eigenvalue weighted by molar-refractivity contribution is 0.196. The normalized spacial score (nSPS) is 18.7. The molecular formula is C14H20BrNOS. The molecule has 0 heterocycles. The molecule has 0 amide bonds. The van der Waals surface area contributed by atoms with Crippen LogP contribution in [0.4, 0.5) is 0 Å². The first-order valence-corrected chi connectivity index (χ1v) is 8.10. The molecule has 2 unspecified atom stereocenters. The van der Waals surface area contributed by atoms with Gasteiger partial charge in [-0.2, -0.15) is 0 Å². The molecule has 1 aromatic rings. The number of hydrogen-bond acceptors (Lipinski definition) is 3. The van der Waals surface area contributed by atoms with E-state index in [-0.39, 0.29) is 11.4 Å². The highest BCUT2D eigenvalue weighted by Crippen LogP contribution is 2.32. The van der Waals surface area contributed by atoms with Crippen LogP contribution >= 0.6 is 27.7 Å². The Morgan fingerprint density at radius 2 is 2.17 bits per heavy atom. The van der Waals surface area contributed by atoms with Crippen LogP contribution in [0, 0.1) is 0 Å². The van der Waals surface area contributed by atoms with Gasteiger partial charge in [0.1, 0.15) is 0 Å². The van der Waals surface area contributed by atoms with Gasteiger partial charge in [-0.05, 0) is 53.4 Å². The van der Waals surface area contributed by atoms with E-state index in [1.54, 1.807) is 11.8 Å². The second-order valence-corrected chi connectivity index (χ2v) is 7.26. The van der Waals surface area contributed by atoms with E-state index in [2.05, 4.69) is 39.4 Å². The van der Waals surface area contributed by atoms with Crippen LogP contribution in [0.1, 0.15) is 32.3 Å². The molecule has 1 saturated carbocycles. The predicted molar refractivity (Wildman–Crippen MR) is 81.0 cm³/mol. The summed E-state index contributed by atoms with van der Waals surface area (Å²) in [7, 11) is 0. The van der Waals surface area contributed by atoms with Crippen molar-refractivity contribution in [3.8, 4) is 0 Å². The Morgan fingerprint density at radius 1 is 1.44 bits per heavy atom. The van der Waals surface area contributed by atoms with E-state index < -0.39 is 0 Å². The molecule has 0 aliphatic heterocycles. The molecule has 2 N–H and O–H groups in total. The number of rotatable bonds is 6. The van der Waals surface area contributed by atoms with E-state index in [1.807, 2.05) is 13.8 Å². The van der Waals surface area contributed by atoms with Gasteiger partial charge in [0.15, 0.2) is 0 Å². The second-order valence-electron chi connectivity index (χ2n) is 4.98. The molecule has 2 nitrogen and oxygen atoms in total. The molecule has 2 atom stereocenters. The molecule has 0 aromatic heterocycles. The van der Waals surface area contributed by atoms with Gasteiger partial charge in [-0.1, -0.05) is 13.0 Å². The van der Waals surface area contributed by atoms with Crippen LogP contribution in [0.3, 0.4) is 0 Å². The highest BCUT2D eigenvalue weighted by Gasteiger charge is 2.20. The van der Waals surface area contributed by atoms with Gasteiger partial charge in [-0.3, -0.25) is 0 Å². The Hall–Kier alpha value is -0.0300. The Balaban J connectivity index is 1.95. The molecule has 1 aliphatic rings. The molecule has 0 radical (unpaired) electrons. The maximum atomic E-state index is 9.53. The largest absolute Gasteiger partial charge is 0.392 e. The van der Waals surface area contributed by atoms with Crippen molar-refractivity contribution >= 4 is 27.7 Å². The van der Waals surface area contributed by atoms with Crippen LogP contribution in [-0.2, 0) is 6.54 Å². The maximum Gasteiger partial charge on any atom is 0.0631 e. The van der Waals surface area contributed by atoms with Crippen molar-refractivity contribution in [1.29, 1.82) is 0 Å². The lowest BCUT2D eigenvalue weighted by Gasteiger charge is -2.15. The zero-order valence-corrected chi connectivity index (χ0v) is 13.2. The van der Waals surface area contributed by atoms with Gasteiger partial charge in [0.2, 0.25) is 0 Å². The fourth-order valence-electron chi connectivity index (χ4n) is 1.60. The topological polar surface area (TPSA) is 32.3 Å². The molecular weight excluding hydrogens is 310 g/mol. The maximum absolute atomic E-state index is 9.53. The Bertz CT molecular complexity index is 407. The molecule has 2 rings (SSSR count). The summed E-state index contributed by atoms with van der Waals surface area (Å²) in [6.45, 7) is 4.82. The third-order valence-corrected chi connectivity index (χ3v) is 5.45. The summed E-state index contributed by atoms with van der Waals surface area (Å²) in [4.78, 5) is 1.19. The smallest absolute Gasteiger partial charge is 0.0631 e. The minimum Gasteiger partial charge on any atom is -0.392 e. The molecule has 1 fully saturated rings. The van der Waals surface area contributed by atoms with Gasteiger partial charge in [0.05, 0.1) is 6.10 Å². The van der Waals surface area contributed by atoms with Gasteiger partial charge < -0.3 is 10.4 Å². The van der Waals surface area contributed by atoms with Crippen LogP contribution in [-0.4, -0.2) is 22.5 Å².